The largest absolute Gasteiger partial charge is 0.504 e. The summed E-state index contributed by atoms with van der Waals surface area (Å²) in [6, 6.07) is 12.7. The van der Waals surface area contributed by atoms with Crippen LogP contribution in [0.1, 0.15) is 5.56 Å². The number of hydrogen-bond donors (Lipinski definition) is 3. The Labute approximate surface area is 158 Å². The lowest BCUT2D eigenvalue weighted by Gasteiger charge is -2.08. The molecular formula is C17H22IN3O3. The van der Waals surface area contributed by atoms with E-state index in [2.05, 4.69) is 10.3 Å². The predicted molar refractivity (Wildman–Crippen MR) is 107 cm³/mol. The van der Waals surface area contributed by atoms with E-state index in [1.807, 2.05) is 30.3 Å². The molecule has 0 saturated heterocycles. The summed E-state index contributed by atoms with van der Waals surface area (Å²) in [5.41, 5.74) is 7.70. The van der Waals surface area contributed by atoms with Gasteiger partial charge in [-0.3, -0.25) is 4.99 Å². The molecule has 4 N–H and O–H groups in total. The number of phenols is 1. The van der Waals surface area contributed by atoms with Crippen LogP contribution < -0.4 is 20.5 Å². The normalized spacial score (nSPS) is 10.7. The van der Waals surface area contributed by atoms with Gasteiger partial charge in [0.05, 0.1) is 14.2 Å². The van der Waals surface area contributed by atoms with Gasteiger partial charge in [-0.2, -0.15) is 0 Å². The Bertz CT molecular complexity index is 693. The Balaban J connectivity index is 0.00000288. The van der Waals surface area contributed by atoms with Gasteiger partial charge in [0.2, 0.25) is 0 Å². The molecule has 0 aromatic heterocycles. The van der Waals surface area contributed by atoms with Gasteiger partial charge in [0.1, 0.15) is 5.75 Å². The van der Waals surface area contributed by atoms with Crippen LogP contribution in [0.15, 0.2) is 47.5 Å². The summed E-state index contributed by atoms with van der Waals surface area (Å²) >= 11 is 0. The highest BCUT2D eigenvalue weighted by atomic mass is 127. The van der Waals surface area contributed by atoms with E-state index in [1.54, 1.807) is 19.2 Å². The quantitative estimate of drug-likeness (QED) is 0.363. The van der Waals surface area contributed by atoms with Crippen LogP contribution in [0, 0.1) is 0 Å². The van der Waals surface area contributed by atoms with Crippen LogP contribution in [-0.4, -0.2) is 31.8 Å². The van der Waals surface area contributed by atoms with Crippen molar-refractivity contribution >= 4 is 35.6 Å². The van der Waals surface area contributed by atoms with Crippen molar-refractivity contribution < 1.29 is 14.6 Å². The third-order valence-electron chi connectivity index (χ3n) is 3.27. The summed E-state index contributed by atoms with van der Waals surface area (Å²) in [4.78, 5) is 4.29. The Morgan fingerprint density at radius 2 is 1.96 bits per heavy atom. The van der Waals surface area contributed by atoms with Crippen molar-refractivity contribution in [2.45, 2.75) is 6.42 Å². The number of halogens is 1. The Morgan fingerprint density at radius 3 is 2.67 bits per heavy atom. The summed E-state index contributed by atoms with van der Waals surface area (Å²) in [5.74, 6) is 1.66. The zero-order valence-electron chi connectivity index (χ0n) is 13.7. The summed E-state index contributed by atoms with van der Waals surface area (Å²) in [6.45, 7) is 0.525. The van der Waals surface area contributed by atoms with Crippen molar-refractivity contribution in [2.24, 2.45) is 10.7 Å². The molecule has 0 spiro atoms. The fraction of sp³-hybridized carbons (Fsp3) is 0.235. The van der Waals surface area contributed by atoms with Crippen LogP contribution in [0.5, 0.6) is 17.2 Å². The molecule has 0 aliphatic carbocycles. The summed E-state index contributed by atoms with van der Waals surface area (Å²) in [5, 5.41) is 12.6. The minimum absolute atomic E-state index is 0. The van der Waals surface area contributed by atoms with Crippen molar-refractivity contribution in [1.29, 1.82) is 0 Å². The molecule has 0 radical (unpaired) electrons. The minimum Gasteiger partial charge on any atom is -0.504 e. The number of rotatable bonds is 6. The monoisotopic (exact) mass is 443 g/mol. The van der Waals surface area contributed by atoms with Gasteiger partial charge in [-0.1, -0.05) is 12.1 Å². The van der Waals surface area contributed by atoms with Crippen LogP contribution in [0.4, 0.5) is 5.69 Å². The fourth-order valence-corrected chi connectivity index (χ4v) is 2.07. The first-order chi connectivity index (χ1) is 11.1. The van der Waals surface area contributed by atoms with Crippen molar-refractivity contribution in [3.63, 3.8) is 0 Å². The predicted octanol–water partition coefficient (Wildman–Crippen LogP) is 3.00. The zero-order valence-corrected chi connectivity index (χ0v) is 16.0. The van der Waals surface area contributed by atoms with Crippen LogP contribution in [-0.2, 0) is 6.42 Å². The van der Waals surface area contributed by atoms with Gasteiger partial charge >= 0.3 is 0 Å². The van der Waals surface area contributed by atoms with E-state index < -0.39 is 0 Å². The van der Waals surface area contributed by atoms with Gasteiger partial charge in [-0.15, -0.1) is 24.0 Å². The van der Waals surface area contributed by atoms with Crippen molar-refractivity contribution in [1.82, 2.24) is 0 Å². The van der Waals surface area contributed by atoms with Crippen LogP contribution in [0.25, 0.3) is 0 Å². The van der Waals surface area contributed by atoms with Crippen LogP contribution in [0.3, 0.4) is 0 Å². The molecule has 0 atom stereocenters. The molecule has 6 nitrogen and oxygen atoms in total. The van der Waals surface area contributed by atoms with Gasteiger partial charge in [0.25, 0.3) is 0 Å². The topological polar surface area (TPSA) is 89.1 Å². The second-order valence-corrected chi connectivity index (χ2v) is 4.88. The first-order valence-corrected chi connectivity index (χ1v) is 7.19. The molecule has 24 heavy (non-hydrogen) atoms. The first kappa shape index (κ1) is 19.9. The molecule has 2 rings (SSSR count). The second-order valence-electron chi connectivity index (χ2n) is 4.88. The van der Waals surface area contributed by atoms with Gasteiger partial charge in [-0.05, 0) is 36.2 Å². The molecule has 0 unspecified atom stereocenters. The van der Waals surface area contributed by atoms with E-state index in [0.29, 0.717) is 24.7 Å². The second kappa shape index (κ2) is 9.86. The minimum atomic E-state index is 0. The number of benzene rings is 2. The van der Waals surface area contributed by atoms with Gasteiger partial charge in [-0.25, -0.2) is 0 Å². The molecule has 0 aliphatic rings. The lowest BCUT2D eigenvalue weighted by molar-refractivity contribution is 0.373. The summed E-state index contributed by atoms with van der Waals surface area (Å²) in [6.07, 6.45) is 0.692. The number of ether oxygens (including phenoxy) is 2. The Morgan fingerprint density at radius 1 is 1.17 bits per heavy atom. The number of guanidine groups is 1. The van der Waals surface area contributed by atoms with Crippen molar-refractivity contribution in [3.05, 3.63) is 48.0 Å². The molecule has 2 aromatic rings. The fourth-order valence-electron chi connectivity index (χ4n) is 2.07. The Kier molecular flexibility index (Phi) is 8.17. The van der Waals surface area contributed by atoms with E-state index in [-0.39, 0.29) is 29.7 Å². The zero-order chi connectivity index (χ0) is 16.7. The van der Waals surface area contributed by atoms with Gasteiger partial charge in [0, 0.05) is 18.3 Å². The van der Waals surface area contributed by atoms with Gasteiger partial charge < -0.3 is 25.6 Å². The highest BCUT2D eigenvalue weighted by Gasteiger charge is 2.02. The number of aliphatic imine (C=N–C) groups is 1. The van der Waals surface area contributed by atoms with Crippen molar-refractivity contribution in [3.8, 4) is 17.2 Å². The van der Waals surface area contributed by atoms with E-state index >= 15 is 0 Å². The summed E-state index contributed by atoms with van der Waals surface area (Å²) in [7, 11) is 3.13. The summed E-state index contributed by atoms with van der Waals surface area (Å²) < 4.78 is 10.2. The van der Waals surface area contributed by atoms with Gasteiger partial charge in [0.15, 0.2) is 17.5 Å². The van der Waals surface area contributed by atoms with E-state index in [0.717, 1.165) is 17.0 Å². The number of nitrogens with zero attached hydrogens (tertiary/aromatic N) is 1. The Hall–Kier alpha value is -2.16. The van der Waals surface area contributed by atoms with E-state index in [1.165, 1.54) is 7.11 Å². The number of nitrogens with one attached hydrogen (secondary N) is 1. The third kappa shape index (κ3) is 5.80. The van der Waals surface area contributed by atoms with Crippen molar-refractivity contribution in [2.75, 3.05) is 26.1 Å². The number of hydrogen-bond acceptors (Lipinski definition) is 4. The maximum absolute atomic E-state index is 9.56. The third-order valence-corrected chi connectivity index (χ3v) is 3.27. The molecule has 0 saturated carbocycles. The lowest BCUT2D eigenvalue weighted by atomic mass is 10.1. The highest BCUT2D eigenvalue weighted by molar-refractivity contribution is 14.0. The smallest absolute Gasteiger partial charge is 0.193 e. The van der Waals surface area contributed by atoms with Crippen LogP contribution >= 0.6 is 24.0 Å². The number of phenolic OH excluding ortho intramolecular Hbond substituents is 1. The number of anilines is 1. The molecular weight excluding hydrogens is 421 g/mol. The maximum atomic E-state index is 9.56. The molecule has 0 heterocycles. The number of aromatic hydroxyl groups is 1. The molecule has 2 aromatic carbocycles. The average molecular weight is 443 g/mol. The number of nitrogens with two attached hydrogens (primary N) is 1. The lowest BCUT2D eigenvalue weighted by Crippen LogP contribution is -2.23. The van der Waals surface area contributed by atoms with E-state index in [9.17, 15) is 5.11 Å². The average Bonchev–Trinajstić information content (AvgIpc) is 2.56. The molecule has 0 fully saturated rings. The highest BCUT2D eigenvalue weighted by Crippen LogP contribution is 2.26. The molecule has 0 bridgehead atoms. The standard InChI is InChI=1S/C17H21N3O3.HI/c1-22-14-5-3-4-13(11-14)20-17(18)19-9-8-12-6-7-15(21)16(10-12)23-2;/h3-7,10-11,21H,8-9H2,1-2H3,(H3,18,19,20);1H. The molecule has 0 amide bonds. The molecule has 130 valence electrons. The van der Waals surface area contributed by atoms with E-state index in [4.69, 9.17) is 15.2 Å². The maximum Gasteiger partial charge on any atom is 0.193 e. The molecule has 0 aliphatic heterocycles. The SMILES string of the molecule is COc1cccc(NC(N)=NCCc2ccc(O)c(OC)c2)c1.I. The molecule has 7 heteroatoms. The first-order valence-electron chi connectivity index (χ1n) is 7.19. The number of methoxy groups -OCH3 is 2. The van der Waals surface area contributed by atoms with Crippen LogP contribution in [0.2, 0.25) is 0 Å².